The third-order valence-corrected chi connectivity index (χ3v) is 4.52. The number of nitro groups is 1. The molecule has 0 heterocycles. The lowest BCUT2D eigenvalue weighted by molar-refractivity contribution is -0.384. The van der Waals surface area contributed by atoms with Crippen molar-refractivity contribution in [3.63, 3.8) is 0 Å². The first kappa shape index (κ1) is 13.9. The minimum absolute atomic E-state index is 0.0897. The molecule has 0 saturated heterocycles. The lowest BCUT2D eigenvalue weighted by Gasteiger charge is -2.14. The zero-order valence-corrected chi connectivity index (χ0v) is 10.8. The Hall–Kier alpha value is -1.18. The van der Waals surface area contributed by atoms with Gasteiger partial charge in [0.1, 0.15) is 5.02 Å². The number of nitro benzene ring substituents is 1. The van der Waals surface area contributed by atoms with Gasteiger partial charge in [-0.15, -0.1) is 0 Å². The van der Waals surface area contributed by atoms with Crippen molar-refractivity contribution < 1.29 is 13.3 Å². The Morgan fingerprint density at radius 1 is 1.47 bits per heavy atom. The molecule has 17 heavy (non-hydrogen) atoms. The molecule has 1 aromatic carbocycles. The Bertz CT molecular complexity index is 544. The van der Waals surface area contributed by atoms with Crippen LogP contribution in [-0.2, 0) is 10.0 Å². The van der Waals surface area contributed by atoms with E-state index in [1.54, 1.807) is 6.92 Å². The quantitative estimate of drug-likeness (QED) is 0.622. The van der Waals surface area contributed by atoms with E-state index in [0.29, 0.717) is 0 Å². The first-order valence-electron chi connectivity index (χ1n) is 4.71. The van der Waals surface area contributed by atoms with Crippen LogP contribution in [0.2, 0.25) is 5.02 Å². The van der Waals surface area contributed by atoms with Crippen LogP contribution in [0.15, 0.2) is 23.1 Å². The number of halogens is 1. The van der Waals surface area contributed by atoms with Gasteiger partial charge in [-0.1, -0.05) is 18.5 Å². The van der Waals surface area contributed by atoms with Crippen LogP contribution < -0.4 is 0 Å². The summed E-state index contributed by atoms with van der Waals surface area (Å²) in [6.07, 6.45) is 0. The van der Waals surface area contributed by atoms with E-state index in [4.69, 9.17) is 11.6 Å². The maximum absolute atomic E-state index is 11.9. The van der Waals surface area contributed by atoms with Crippen LogP contribution in [0, 0.1) is 10.1 Å². The van der Waals surface area contributed by atoms with Gasteiger partial charge in [0.05, 0.1) is 9.82 Å². The third-order valence-electron chi connectivity index (χ3n) is 2.27. The highest BCUT2D eigenvalue weighted by molar-refractivity contribution is 7.89. The molecule has 1 aromatic rings. The van der Waals surface area contributed by atoms with Crippen LogP contribution in [-0.4, -0.2) is 31.2 Å². The number of hydrogen-bond acceptors (Lipinski definition) is 4. The molecule has 1 rings (SSSR count). The molecule has 0 bridgehead atoms. The molecular formula is C9H11ClN2O4S. The molecule has 0 aromatic heterocycles. The van der Waals surface area contributed by atoms with Crippen molar-refractivity contribution in [2.75, 3.05) is 13.6 Å². The van der Waals surface area contributed by atoms with Gasteiger partial charge in [0.2, 0.25) is 10.0 Å². The second kappa shape index (κ2) is 4.99. The number of sulfonamides is 1. The maximum Gasteiger partial charge on any atom is 0.289 e. The first-order valence-corrected chi connectivity index (χ1v) is 6.52. The molecule has 0 aliphatic rings. The minimum Gasteiger partial charge on any atom is -0.258 e. The number of hydrogen-bond donors (Lipinski definition) is 0. The molecule has 0 fully saturated rings. The molecule has 0 aliphatic carbocycles. The van der Waals surface area contributed by atoms with E-state index in [-0.39, 0.29) is 16.5 Å². The third kappa shape index (κ3) is 2.74. The van der Waals surface area contributed by atoms with Crippen LogP contribution in [0.3, 0.4) is 0 Å². The monoisotopic (exact) mass is 278 g/mol. The summed E-state index contributed by atoms with van der Waals surface area (Å²) in [5.74, 6) is 0. The lowest BCUT2D eigenvalue weighted by atomic mass is 10.3. The Balaban J connectivity index is 3.35. The predicted octanol–water partition coefficient (Wildman–Crippen LogP) is 1.89. The van der Waals surface area contributed by atoms with Crippen molar-refractivity contribution in [2.45, 2.75) is 11.8 Å². The summed E-state index contributed by atoms with van der Waals surface area (Å²) in [5, 5.41) is 10.6. The molecule has 0 amide bonds. The highest BCUT2D eigenvalue weighted by atomic mass is 35.5. The van der Waals surface area contributed by atoms with Crippen LogP contribution >= 0.6 is 11.6 Å². The van der Waals surface area contributed by atoms with E-state index < -0.39 is 20.6 Å². The summed E-state index contributed by atoms with van der Waals surface area (Å²) in [6, 6.07) is 3.41. The van der Waals surface area contributed by atoms with Gasteiger partial charge in [0.25, 0.3) is 5.69 Å². The van der Waals surface area contributed by atoms with Gasteiger partial charge in [-0.05, 0) is 12.1 Å². The van der Waals surface area contributed by atoms with Gasteiger partial charge in [-0.3, -0.25) is 10.1 Å². The highest BCUT2D eigenvalue weighted by Gasteiger charge is 2.23. The van der Waals surface area contributed by atoms with Crippen LogP contribution in [0.4, 0.5) is 5.69 Å². The standard InChI is InChI=1S/C9H11ClN2O4S/c1-3-11(2)17(15,16)7-4-5-8(10)9(6-7)12(13)14/h4-6H,3H2,1-2H3. The molecule has 0 atom stereocenters. The second-order valence-electron chi connectivity index (χ2n) is 3.29. The molecule has 0 radical (unpaired) electrons. The summed E-state index contributed by atoms with van der Waals surface area (Å²) in [6.45, 7) is 1.95. The fourth-order valence-electron chi connectivity index (χ4n) is 1.14. The Morgan fingerprint density at radius 3 is 2.53 bits per heavy atom. The summed E-state index contributed by atoms with van der Waals surface area (Å²) < 4.78 is 24.9. The highest BCUT2D eigenvalue weighted by Crippen LogP contribution is 2.28. The van der Waals surface area contributed by atoms with Crippen LogP contribution in [0.1, 0.15) is 6.92 Å². The fraction of sp³-hybridized carbons (Fsp3) is 0.333. The molecule has 94 valence electrons. The average Bonchev–Trinajstić information content (AvgIpc) is 2.27. The van der Waals surface area contributed by atoms with Gasteiger partial charge in [-0.25, -0.2) is 12.7 Å². The van der Waals surface area contributed by atoms with Crippen molar-refractivity contribution in [3.8, 4) is 0 Å². The van der Waals surface area contributed by atoms with Crippen molar-refractivity contribution in [1.29, 1.82) is 0 Å². The van der Waals surface area contributed by atoms with Gasteiger partial charge in [-0.2, -0.15) is 0 Å². The van der Waals surface area contributed by atoms with Crippen molar-refractivity contribution in [2.24, 2.45) is 0 Å². The lowest BCUT2D eigenvalue weighted by Crippen LogP contribution is -2.26. The second-order valence-corrected chi connectivity index (χ2v) is 5.74. The number of rotatable bonds is 4. The average molecular weight is 279 g/mol. The van der Waals surface area contributed by atoms with E-state index >= 15 is 0 Å². The topological polar surface area (TPSA) is 80.5 Å². The van der Waals surface area contributed by atoms with E-state index in [1.165, 1.54) is 19.2 Å². The van der Waals surface area contributed by atoms with E-state index in [9.17, 15) is 18.5 Å². The molecular weight excluding hydrogens is 268 g/mol. The summed E-state index contributed by atoms with van der Waals surface area (Å²) in [7, 11) is -2.29. The zero-order chi connectivity index (χ0) is 13.2. The first-order chi connectivity index (χ1) is 7.80. The molecule has 8 heteroatoms. The summed E-state index contributed by atoms with van der Waals surface area (Å²) in [5.41, 5.74) is -0.419. The Morgan fingerprint density at radius 2 is 2.06 bits per heavy atom. The van der Waals surface area contributed by atoms with Crippen molar-refractivity contribution in [1.82, 2.24) is 4.31 Å². The molecule has 0 aliphatic heterocycles. The SMILES string of the molecule is CCN(C)S(=O)(=O)c1ccc(Cl)c([N+](=O)[O-])c1. The number of benzene rings is 1. The predicted molar refractivity (Wildman–Crippen MR) is 63.6 cm³/mol. The normalized spacial score (nSPS) is 11.8. The Labute approximate surface area is 104 Å². The molecule has 0 unspecified atom stereocenters. The molecule has 0 N–H and O–H groups in total. The molecule has 0 spiro atoms. The van der Waals surface area contributed by atoms with Crippen LogP contribution in [0.5, 0.6) is 0 Å². The maximum atomic E-state index is 11.9. The Kier molecular flexibility index (Phi) is 4.07. The fourth-order valence-corrected chi connectivity index (χ4v) is 2.53. The molecule has 6 nitrogen and oxygen atoms in total. The van der Waals surface area contributed by atoms with Gasteiger partial charge < -0.3 is 0 Å². The van der Waals surface area contributed by atoms with E-state index in [2.05, 4.69) is 0 Å². The summed E-state index contributed by atoms with van der Waals surface area (Å²) >= 11 is 5.60. The molecule has 0 saturated carbocycles. The van der Waals surface area contributed by atoms with E-state index in [0.717, 1.165) is 10.4 Å². The van der Waals surface area contributed by atoms with Gasteiger partial charge in [0, 0.05) is 19.7 Å². The summed E-state index contributed by atoms with van der Waals surface area (Å²) in [4.78, 5) is 9.80. The largest absolute Gasteiger partial charge is 0.289 e. The number of nitrogens with zero attached hydrogens (tertiary/aromatic N) is 2. The van der Waals surface area contributed by atoms with Gasteiger partial charge >= 0.3 is 0 Å². The minimum atomic E-state index is -3.69. The van der Waals surface area contributed by atoms with E-state index in [1.807, 2.05) is 0 Å². The van der Waals surface area contributed by atoms with Crippen molar-refractivity contribution in [3.05, 3.63) is 33.3 Å². The van der Waals surface area contributed by atoms with Crippen LogP contribution in [0.25, 0.3) is 0 Å². The smallest absolute Gasteiger partial charge is 0.258 e. The zero-order valence-electron chi connectivity index (χ0n) is 9.25. The van der Waals surface area contributed by atoms with Crippen molar-refractivity contribution >= 4 is 27.3 Å². The van der Waals surface area contributed by atoms with Gasteiger partial charge in [0.15, 0.2) is 0 Å².